The minimum Gasteiger partial charge on any atom is -0.462 e. The van der Waals surface area contributed by atoms with Gasteiger partial charge in [-0.05, 0) is 58.5 Å². The molecule has 0 heterocycles. The summed E-state index contributed by atoms with van der Waals surface area (Å²) < 4.78 is 19.7. The smallest absolute Gasteiger partial charge is 0.319 e. The first-order chi connectivity index (χ1) is 11.8. The summed E-state index contributed by atoms with van der Waals surface area (Å²) in [5.74, 6) is -2.16. The van der Waals surface area contributed by atoms with Crippen molar-refractivity contribution in [3.8, 4) is 0 Å². The maximum absolute atomic E-state index is 13.9. The zero-order chi connectivity index (χ0) is 19.0. The molecule has 0 fully saturated rings. The molecular weight excluding hydrogens is 413 g/mol. The number of halogens is 2. The lowest BCUT2D eigenvalue weighted by atomic mass is 10.2. The average Bonchev–Trinajstić information content (AvgIpc) is 2.56. The van der Waals surface area contributed by atoms with E-state index in [0.717, 1.165) is 12.5 Å². The summed E-state index contributed by atoms with van der Waals surface area (Å²) in [7, 11) is 0. The Morgan fingerprint density at radius 1 is 1.44 bits per heavy atom. The molecule has 0 saturated heterocycles. The molecule has 0 saturated carbocycles. The summed E-state index contributed by atoms with van der Waals surface area (Å²) >= 11 is 4.42. The summed E-state index contributed by atoms with van der Waals surface area (Å²) in [5, 5.41) is 2.43. The molecule has 136 valence electrons. The van der Waals surface area contributed by atoms with Crippen molar-refractivity contribution in [3.05, 3.63) is 38.4 Å². The van der Waals surface area contributed by atoms with E-state index in [9.17, 15) is 14.0 Å². The third-order valence-corrected chi connectivity index (χ3v) is 5.59. The Morgan fingerprint density at radius 2 is 2.12 bits per heavy atom. The molecule has 0 aliphatic rings. The molecule has 0 aromatic heterocycles. The minimum atomic E-state index is -1.01. The van der Waals surface area contributed by atoms with Crippen LogP contribution < -0.4 is 0 Å². The van der Waals surface area contributed by atoms with Crippen LogP contribution in [0.25, 0.3) is 10.4 Å². The number of thioether (sulfide) groups is 1. The van der Waals surface area contributed by atoms with Crippen molar-refractivity contribution in [1.82, 2.24) is 0 Å². The number of rotatable bonds is 8. The van der Waals surface area contributed by atoms with Crippen LogP contribution in [0.3, 0.4) is 0 Å². The van der Waals surface area contributed by atoms with E-state index in [4.69, 9.17) is 10.3 Å². The van der Waals surface area contributed by atoms with Gasteiger partial charge in [-0.25, -0.2) is 4.39 Å². The van der Waals surface area contributed by atoms with Gasteiger partial charge in [0.25, 0.3) is 5.91 Å². The van der Waals surface area contributed by atoms with Gasteiger partial charge in [0.15, 0.2) is 0 Å². The number of carbonyl (C=O) groups excluding carboxylic acids is 2. The predicted molar refractivity (Wildman–Crippen MR) is 98.0 cm³/mol. The van der Waals surface area contributed by atoms with Gasteiger partial charge < -0.3 is 4.74 Å². The summed E-state index contributed by atoms with van der Waals surface area (Å²) in [5.41, 5.74) is 8.01. The Hall–Kier alpha value is -1.57. The van der Waals surface area contributed by atoms with E-state index < -0.39 is 17.0 Å². The second kappa shape index (κ2) is 10.4. The highest BCUT2D eigenvalue weighted by atomic mass is 79.9. The van der Waals surface area contributed by atoms with Crippen molar-refractivity contribution in [2.24, 2.45) is 5.11 Å². The highest BCUT2D eigenvalue weighted by Crippen LogP contribution is 2.35. The Kier molecular flexibility index (Phi) is 8.96. The summed E-state index contributed by atoms with van der Waals surface area (Å²) in [6, 6.07) is 2.39. The number of ether oxygens (including phenoxy) is 1. The number of benzene rings is 1. The largest absolute Gasteiger partial charge is 0.462 e. The number of hydrogen-bond acceptors (Lipinski definition) is 4. The van der Waals surface area contributed by atoms with Crippen LogP contribution in [0.15, 0.2) is 26.6 Å². The van der Waals surface area contributed by atoms with Crippen LogP contribution in [0, 0.1) is 5.82 Å². The Labute approximate surface area is 158 Å². The van der Waals surface area contributed by atoms with E-state index >= 15 is 0 Å². The van der Waals surface area contributed by atoms with Gasteiger partial charge in [0.05, 0.1) is 11.7 Å². The molecule has 6 nitrogen and oxygen atoms in total. The van der Waals surface area contributed by atoms with Crippen LogP contribution in [0.4, 0.5) is 4.39 Å². The van der Waals surface area contributed by atoms with E-state index in [0.29, 0.717) is 22.2 Å². The summed E-state index contributed by atoms with van der Waals surface area (Å²) in [6.45, 7) is 5.68. The predicted octanol–water partition coefficient (Wildman–Crippen LogP) is 5.64. The van der Waals surface area contributed by atoms with Gasteiger partial charge >= 0.3 is 5.97 Å². The van der Waals surface area contributed by atoms with Crippen LogP contribution in [0.2, 0.25) is 0 Å². The lowest BCUT2D eigenvalue weighted by Crippen LogP contribution is -2.24. The van der Waals surface area contributed by atoms with Gasteiger partial charge in [0.1, 0.15) is 11.1 Å². The Balaban J connectivity index is 3.11. The van der Waals surface area contributed by atoms with Crippen molar-refractivity contribution < 1.29 is 18.7 Å². The maximum atomic E-state index is 13.9. The fourth-order valence-electron chi connectivity index (χ4n) is 1.88. The number of amides is 1. The van der Waals surface area contributed by atoms with Crippen molar-refractivity contribution >= 4 is 39.6 Å². The molecule has 2 atom stereocenters. The number of carbonyl (C=O) groups is 2. The van der Waals surface area contributed by atoms with Crippen LogP contribution in [0.1, 0.15) is 50.4 Å². The van der Waals surface area contributed by atoms with Crippen LogP contribution in [0.5, 0.6) is 0 Å². The Bertz CT molecular complexity index is 695. The second-order valence-electron chi connectivity index (χ2n) is 5.31. The Morgan fingerprint density at radius 3 is 2.68 bits per heavy atom. The van der Waals surface area contributed by atoms with Crippen molar-refractivity contribution in [2.45, 2.75) is 56.3 Å². The molecule has 2 unspecified atom stereocenters. The number of hydrogen-bond donors (Lipinski definition) is 0. The molecule has 1 aromatic carbocycles. The van der Waals surface area contributed by atoms with Crippen LogP contribution >= 0.6 is 27.7 Å². The SMILES string of the molecule is CCCC(Sc1cc(C(=O)N=[N+]=[N-])c(F)cc1Br)C(=O)OC(C)CC. The molecule has 1 rings (SSSR count). The van der Waals surface area contributed by atoms with Gasteiger partial charge in [-0.1, -0.05) is 20.3 Å². The van der Waals surface area contributed by atoms with Gasteiger partial charge in [-0.2, -0.15) is 0 Å². The molecule has 0 N–H and O–H groups in total. The fourth-order valence-corrected chi connectivity index (χ4v) is 3.64. The molecule has 1 aromatic rings. The monoisotopic (exact) mass is 431 g/mol. The summed E-state index contributed by atoms with van der Waals surface area (Å²) in [4.78, 5) is 26.9. The van der Waals surface area contributed by atoms with Gasteiger partial charge in [0.2, 0.25) is 0 Å². The molecule has 1 amide bonds. The standard InChI is InChI=1S/C16H19BrFN3O3S/c1-4-6-13(16(23)24-9(3)5-2)25-14-7-10(15(22)20-21-19)12(18)8-11(14)17/h7-9,13H,4-6H2,1-3H3. The van der Waals surface area contributed by atoms with Gasteiger partial charge in [0, 0.05) is 14.3 Å². The van der Waals surface area contributed by atoms with E-state index in [1.54, 1.807) is 0 Å². The first kappa shape index (κ1) is 21.5. The van der Waals surface area contributed by atoms with Gasteiger partial charge in [-0.15, -0.1) is 11.8 Å². The number of azide groups is 1. The second-order valence-corrected chi connectivity index (χ2v) is 7.41. The maximum Gasteiger partial charge on any atom is 0.319 e. The van der Waals surface area contributed by atoms with Crippen LogP contribution in [-0.2, 0) is 9.53 Å². The molecular formula is C16H19BrFN3O3S. The lowest BCUT2D eigenvalue weighted by molar-refractivity contribution is -0.147. The highest BCUT2D eigenvalue weighted by molar-refractivity contribution is 9.10. The van der Waals surface area contributed by atoms with Crippen molar-refractivity contribution in [1.29, 1.82) is 0 Å². The first-order valence-corrected chi connectivity index (χ1v) is 9.46. The van der Waals surface area contributed by atoms with E-state index in [-0.39, 0.29) is 17.6 Å². The summed E-state index contributed by atoms with van der Waals surface area (Å²) in [6.07, 6.45) is 1.85. The zero-order valence-corrected chi connectivity index (χ0v) is 16.6. The van der Waals surface area contributed by atoms with E-state index in [2.05, 4.69) is 26.0 Å². The third kappa shape index (κ3) is 6.34. The minimum absolute atomic E-state index is 0.189. The zero-order valence-electron chi connectivity index (χ0n) is 14.2. The van der Waals surface area contributed by atoms with E-state index in [1.165, 1.54) is 17.8 Å². The normalized spacial score (nSPS) is 12.8. The topological polar surface area (TPSA) is 92.1 Å². The first-order valence-electron chi connectivity index (χ1n) is 7.79. The fraction of sp³-hybridized carbons (Fsp3) is 0.500. The molecule has 25 heavy (non-hydrogen) atoms. The molecule has 0 aliphatic carbocycles. The number of nitrogens with zero attached hydrogens (tertiary/aromatic N) is 3. The van der Waals surface area contributed by atoms with Crippen molar-refractivity contribution in [3.63, 3.8) is 0 Å². The van der Waals surface area contributed by atoms with Crippen LogP contribution in [-0.4, -0.2) is 23.2 Å². The van der Waals surface area contributed by atoms with Crippen molar-refractivity contribution in [2.75, 3.05) is 0 Å². The lowest BCUT2D eigenvalue weighted by Gasteiger charge is -2.19. The van der Waals surface area contributed by atoms with E-state index in [1.807, 2.05) is 20.8 Å². The quantitative estimate of drug-likeness (QED) is 0.175. The molecule has 0 bridgehead atoms. The van der Waals surface area contributed by atoms with Gasteiger partial charge in [-0.3, -0.25) is 9.59 Å². The number of esters is 1. The molecule has 9 heteroatoms. The molecule has 0 aliphatic heterocycles. The average molecular weight is 432 g/mol. The third-order valence-electron chi connectivity index (χ3n) is 3.36. The highest BCUT2D eigenvalue weighted by Gasteiger charge is 2.24. The molecule has 0 spiro atoms. The molecule has 0 radical (unpaired) electrons.